The molecule has 1 N–H and O–H groups in total. The van der Waals surface area contributed by atoms with Crippen LogP contribution in [0.5, 0.6) is 11.5 Å². The smallest absolute Gasteiger partial charge is 0.258 e. The average molecular weight is 388 g/mol. The summed E-state index contributed by atoms with van der Waals surface area (Å²) in [4.78, 5) is 17.3. The van der Waals surface area contributed by atoms with E-state index in [2.05, 4.69) is 10.3 Å². The summed E-state index contributed by atoms with van der Waals surface area (Å²) < 4.78 is 11.2. The predicted molar refractivity (Wildman–Crippen MR) is 110 cm³/mol. The van der Waals surface area contributed by atoms with E-state index < -0.39 is 0 Å². The highest BCUT2D eigenvalue weighted by molar-refractivity contribution is 7.14. The molecule has 0 saturated heterocycles. The molecule has 2 heterocycles. The largest absolute Gasteiger partial charge is 0.486 e. The molecule has 5 nitrogen and oxygen atoms in total. The minimum Gasteiger partial charge on any atom is -0.486 e. The molecule has 6 heteroatoms. The van der Waals surface area contributed by atoms with E-state index in [0.717, 1.165) is 33.5 Å². The van der Waals surface area contributed by atoms with E-state index in [1.165, 1.54) is 11.3 Å². The third kappa shape index (κ3) is 3.08. The van der Waals surface area contributed by atoms with Crippen LogP contribution in [0.25, 0.3) is 22.0 Å². The van der Waals surface area contributed by atoms with Crippen molar-refractivity contribution in [3.63, 3.8) is 0 Å². The van der Waals surface area contributed by atoms with Gasteiger partial charge in [0, 0.05) is 16.5 Å². The van der Waals surface area contributed by atoms with Crippen LogP contribution >= 0.6 is 11.3 Å². The van der Waals surface area contributed by atoms with Gasteiger partial charge in [-0.1, -0.05) is 36.4 Å². The Labute approximate surface area is 165 Å². The number of benzene rings is 3. The molecule has 0 radical (unpaired) electrons. The lowest BCUT2D eigenvalue weighted by atomic mass is 10.0. The minimum absolute atomic E-state index is 0.167. The summed E-state index contributed by atoms with van der Waals surface area (Å²) >= 11 is 1.40. The van der Waals surface area contributed by atoms with Gasteiger partial charge in [0.2, 0.25) is 0 Å². The zero-order chi connectivity index (χ0) is 18.9. The Morgan fingerprint density at radius 1 is 0.964 bits per heavy atom. The summed E-state index contributed by atoms with van der Waals surface area (Å²) in [5.74, 6) is 1.30. The van der Waals surface area contributed by atoms with Crippen LogP contribution in [-0.4, -0.2) is 24.1 Å². The van der Waals surface area contributed by atoms with E-state index in [1.807, 2.05) is 66.0 Å². The molecule has 1 aliphatic rings. The quantitative estimate of drug-likeness (QED) is 0.537. The number of aromatic nitrogens is 1. The number of carbonyl (C=O) groups is 1. The third-order valence-corrected chi connectivity index (χ3v) is 5.35. The number of nitrogens with zero attached hydrogens (tertiary/aromatic N) is 1. The van der Waals surface area contributed by atoms with Crippen LogP contribution in [0.4, 0.5) is 5.13 Å². The lowest BCUT2D eigenvalue weighted by Crippen LogP contribution is -2.15. The molecule has 1 amide bonds. The fraction of sp³-hybridized carbons (Fsp3) is 0.0909. The van der Waals surface area contributed by atoms with Crippen molar-refractivity contribution in [2.45, 2.75) is 0 Å². The van der Waals surface area contributed by atoms with Crippen molar-refractivity contribution in [1.82, 2.24) is 4.98 Å². The number of fused-ring (bicyclic) bond motifs is 2. The number of thiazole rings is 1. The average Bonchev–Trinajstić information content (AvgIpc) is 3.21. The number of hydrogen-bond donors (Lipinski definition) is 1. The number of amides is 1. The Morgan fingerprint density at radius 3 is 2.71 bits per heavy atom. The van der Waals surface area contributed by atoms with Crippen molar-refractivity contribution in [3.8, 4) is 22.8 Å². The molecule has 0 atom stereocenters. The van der Waals surface area contributed by atoms with E-state index >= 15 is 0 Å². The van der Waals surface area contributed by atoms with Crippen LogP contribution in [0.15, 0.2) is 66.0 Å². The lowest BCUT2D eigenvalue weighted by molar-refractivity contribution is 0.102. The van der Waals surface area contributed by atoms with Gasteiger partial charge in [-0.05, 0) is 35.0 Å². The van der Waals surface area contributed by atoms with Crippen molar-refractivity contribution in [2.75, 3.05) is 18.5 Å². The number of anilines is 1. The Bertz CT molecular complexity index is 1180. The Hall–Kier alpha value is -3.38. The molecule has 0 saturated carbocycles. The lowest BCUT2D eigenvalue weighted by Gasteiger charge is -2.18. The summed E-state index contributed by atoms with van der Waals surface area (Å²) in [5.41, 5.74) is 2.34. The highest BCUT2D eigenvalue weighted by Gasteiger charge is 2.15. The zero-order valence-corrected chi connectivity index (χ0v) is 15.7. The normalized spacial score (nSPS) is 12.7. The van der Waals surface area contributed by atoms with Gasteiger partial charge in [-0.15, -0.1) is 11.3 Å². The van der Waals surface area contributed by atoms with Crippen LogP contribution < -0.4 is 14.8 Å². The maximum atomic E-state index is 12.8. The molecule has 0 aliphatic carbocycles. The molecule has 5 rings (SSSR count). The molecule has 3 aromatic carbocycles. The maximum absolute atomic E-state index is 12.8. The van der Waals surface area contributed by atoms with E-state index in [1.54, 1.807) is 0 Å². The van der Waals surface area contributed by atoms with Crippen molar-refractivity contribution in [1.29, 1.82) is 0 Å². The first-order valence-corrected chi connectivity index (χ1v) is 9.80. The Morgan fingerprint density at radius 2 is 1.79 bits per heavy atom. The molecule has 1 aliphatic heterocycles. The summed E-state index contributed by atoms with van der Waals surface area (Å²) in [5, 5.41) is 7.35. The van der Waals surface area contributed by atoms with Crippen LogP contribution in [0, 0.1) is 0 Å². The number of carbonyl (C=O) groups excluding carboxylic acids is 1. The molecule has 138 valence electrons. The molecule has 0 spiro atoms. The van der Waals surface area contributed by atoms with Gasteiger partial charge < -0.3 is 9.47 Å². The molecule has 0 bridgehead atoms. The van der Waals surface area contributed by atoms with Gasteiger partial charge >= 0.3 is 0 Å². The van der Waals surface area contributed by atoms with Gasteiger partial charge in [0.15, 0.2) is 16.6 Å². The van der Waals surface area contributed by atoms with E-state index in [9.17, 15) is 4.79 Å². The summed E-state index contributed by atoms with van der Waals surface area (Å²) in [6.45, 7) is 1.10. The van der Waals surface area contributed by atoms with Crippen molar-refractivity contribution < 1.29 is 14.3 Å². The molecule has 1 aromatic heterocycles. The van der Waals surface area contributed by atoms with Gasteiger partial charge in [-0.25, -0.2) is 4.98 Å². The molecular formula is C22H16N2O3S. The third-order valence-electron chi connectivity index (χ3n) is 4.60. The van der Waals surface area contributed by atoms with Crippen molar-refractivity contribution >= 4 is 33.1 Å². The summed E-state index contributed by atoms with van der Waals surface area (Å²) in [7, 11) is 0. The number of hydrogen-bond acceptors (Lipinski definition) is 5. The van der Waals surface area contributed by atoms with E-state index in [-0.39, 0.29) is 5.91 Å². The Balaban J connectivity index is 1.40. The number of nitrogens with one attached hydrogen (secondary N) is 1. The first kappa shape index (κ1) is 16.8. The second-order valence-corrected chi connectivity index (χ2v) is 7.24. The zero-order valence-electron chi connectivity index (χ0n) is 14.8. The highest BCUT2D eigenvalue weighted by atomic mass is 32.1. The minimum atomic E-state index is -0.167. The first-order valence-electron chi connectivity index (χ1n) is 8.92. The Kier molecular flexibility index (Phi) is 4.18. The molecule has 4 aromatic rings. The van der Waals surface area contributed by atoms with Crippen LogP contribution in [0.3, 0.4) is 0 Å². The molecular weight excluding hydrogens is 372 g/mol. The van der Waals surface area contributed by atoms with E-state index in [4.69, 9.17) is 9.47 Å². The SMILES string of the molecule is O=C(Nc1nc(-c2ccc3c(c2)OCCO3)cs1)c1cccc2ccccc12. The molecule has 28 heavy (non-hydrogen) atoms. The first-order chi connectivity index (χ1) is 13.8. The monoisotopic (exact) mass is 388 g/mol. The summed E-state index contributed by atoms with van der Waals surface area (Å²) in [6.07, 6.45) is 0. The van der Waals surface area contributed by atoms with Gasteiger partial charge in [0.1, 0.15) is 13.2 Å². The van der Waals surface area contributed by atoms with Crippen LogP contribution in [0.1, 0.15) is 10.4 Å². The molecule has 0 fully saturated rings. The van der Waals surface area contributed by atoms with Crippen LogP contribution in [-0.2, 0) is 0 Å². The summed E-state index contributed by atoms with van der Waals surface area (Å²) in [6, 6.07) is 19.3. The van der Waals surface area contributed by atoms with Crippen molar-refractivity contribution in [3.05, 3.63) is 71.6 Å². The topological polar surface area (TPSA) is 60.5 Å². The second kappa shape index (κ2) is 6.98. The van der Waals surface area contributed by atoms with Gasteiger partial charge in [-0.3, -0.25) is 10.1 Å². The standard InChI is InChI=1S/C22H16N2O3S/c25-21(17-7-3-5-14-4-1-2-6-16(14)17)24-22-23-18(13-28-22)15-8-9-19-20(12-15)27-11-10-26-19/h1-9,12-13H,10-11H2,(H,23,24,25). The maximum Gasteiger partial charge on any atom is 0.258 e. The molecule has 0 unspecified atom stereocenters. The fourth-order valence-electron chi connectivity index (χ4n) is 3.25. The van der Waals surface area contributed by atoms with E-state index in [0.29, 0.717) is 23.9 Å². The fourth-order valence-corrected chi connectivity index (χ4v) is 3.97. The van der Waals surface area contributed by atoms with Gasteiger partial charge in [-0.2, -0.15) is 0 Å². The highest BCUT2D eigenvalue weighted by Crippen LogP contribution is 2.35. The predicted octanol–water partition coefficient (Wildman–Crippen LogP) is 4.99. The number of rotatable bonds is 3. The second-order valence-electron chi connectivity index (χ2n) is 6.38. The van der Waals surface area contributed by atoms with Gasteiger partial charge in [0.25, 0.3) is 5.91 Å². The van der Waals surface area contributed by atoms with Gasteiger partial charge in [0.05, 0.1) is 5.69 Å². The number of ether oxygens (including phenoxy) is 2. The van der Waals surface area contributed by atoms with Crippen molar-refractivity contribution in [2.24, 2.45) is 0 Å². The van der Waals surface area contributed by atoms with Crippen LogP contribution in [0.2, 0.25) is 0 Å².